The van der Waals surface area contributed by atoms with E-state index in [1.165, 1.54) is 23.5 Å². The number of nitrogens with one attached hydrogen (secondary N) is 1. The number of hydrogen-bond donors (Lipinski definition) is 1. The highest BCUT2D eigenvalue weighted by molar-refractivity contribution is 7.14. The molecule has 1 amide bonds. The molecule has 11 heteroatoms. The summed E-state index contributed by atoms with van der Waals surface area (Å²) in [5.41, 5.74) is 1.11. The smallest absolute Gasteiger partial charge is 0.270 e. The molecule has 3 aromatic rings. The van der Waals surface area contributed by atoms with Crippen LogP contribution < -0.4 is 5.32 Å². The first-order valence-electron chi connectivity index (χ1n) is 7.38. The van der Waals surface area contributed by atoms with E-state index < -0.39 is 4.92 Å². The first-order chi connectivity index (χ1) is 12.5. The molecule has 26 heavy (non-hydrogen) atoms. The molecular formula is C15H13N5O5S. The number of hydrogen-bond acceptors (Lipinski definition) is 9. The lowest BCUT2D eigenvalue weighted by Gasteiger charge is -2.01. The molecular weight excluding hydrogens is 362 g/mol. The van der Waals surface area contributed by atoms with Crippen molar-refractivity contribution in [2.24, 2.45) is 0 Å². The summed E-state index contributed by atoms with van der Waals surface area (Å²) in [7, 11) is 0. The molecule has 0 atom stereocenters. The maximum atomic E-state index is 11.9. The lowest BCUT2D eigenvalue weighted by Crippen LogP contribution is -2.18. The van der Waals surface area contributed by atoms with Crippen LogP contribution in [-0.4, -0.2) is 32.6 Å². The molecule has 0 unspecified atom stereocenters. The van der Waals surface area contributed by atoms with E-state index in [0.29, 0.717) is 22.2 Å². The predicted octanol–water partition coefficient (Wildman–Crippen LogP) is 2.57. The third-order valence-electron chi connectivity index (χ3n) is 3.13. The minimum atomic E-state index is -0.471. The first-order valence-corrected chi connectivity index (χ1v) is 8.26. The molecule has 0 saturated heterocycles. The van der Waals surface area contributed by atoms with Gasteiger partial charge in [-0.3, -0.25) is 20.2 Å². The summed E-state index contributed by atoms with van der Waals surface area (Å²) >= 11 is 1.21. The standard InChI is InChI=1S/C15H13N5O5S/c1-9-16-14(25-19-9)7-24-6-13(21)18-15-17-12(8-26-15)10-3-2-4-11(5-10)20(22)23/h2-5,8H,6-7H2,1H3,(H,17,18,21). The Morgan fingerprint density at radius 3 is 3.00 bits per heavy atom. The maximum Gasteiger partial charge on any atom is 0.270 e. The fourth-order valence-electron chi connectivity index (χ4n) is 2.03. The molecule has 0 aliphatic rings. The molecule has 2 heterocycles. The summed E-state index contributed by atoms with van der Waals surface area (Å²) in [5.74, 6) is 0.392. The van der Waals surface area contributed by atoms with Crippen molar-refractivity contribution in [2.45, 2.75) is 13.5 Å². The zero-order valence-electron chi connectivity index (χ0n) is 13.5. The zero-order valence-corrected chi connectivity index (χ0v) is 14.4. The molecule has 0 aliphatic heterocycles. The van der Waals surface area contributed by atoms with Crippen molar-refractivity contribution < 1.29 is 19.0 Å². The van der Waals surface area contributed by atoms with Crippen LogP contribution >= 0.6 is 11.3 Å². The third kappa shape index (κ3) is 4.46. The quantitative estimate of drug-likeness (QED) is 0.492. The molecule has 1 N–H and O–H groups in total. The highest BCUT2D eigenvalue weighted by atomic mass is 32.1. The third-order valence-corrected chi connectivity index (χ3v) is 3.89. The van der Waals surface area contributed by atoms with E-state index in [-0.39, 0.29) is 30.7 Å². The molecule has 134 valence electrons. The minimum Gasteiger partial charge on any atom is -0.362 e. The van der Waals surface area contributed by atoms with Gasteiger partial charge in [-0.25, -0.2) is 4.98 Å². The Morgan fingerprint density at radius 1 is 1.42 bits per heavy atom. The van der Waals surface area contributed by atoms with Crippen molar-refractivity contribution in [3.8, 4) is 11.3 Å². The van der Waals surface area contributed by atoms with Gasteiger partial charge in [0.05, 0.1) is 10.6 Å². The van der Waals surface area contributed by atoms with Crippen LogP contribution in [-0.2, 0) is 16.1 Å². The predicted molar refractivity (Wildman–Crippen MR) is 91.5 cm³/mol. The van der Waals surface area contributed by atoms with Gasteiger partial charge in [-0.2, -0.15) is 4.98 Å². The van der Waals surface area contributed by atoms with Crippen LogP contribution in [0.2, 0.25) is 0 Å². The lowest BCUT2D eigenvalue weighted by atomic mass is 10.1. The lowest BCUT2D eigenvalue weighted by molar-refractivity contribution is -0.384. The van der Waals surface area contributed by atoms with Gasteiger partial charge in [-0.05, 0) is 6.92 Å². The van der Waals surface area contributed by atoms with E-state index in [9.17, 15) is 14.9 Å². The van der Waals surface area contributed by atoms with Crippen molar-refractivity contribution >= 4 is 28.1 Å². The van der Waals surface area contributed by atoms with Gasteiger partial charge in [0.1, 0.15) is 13.2 Å². The topological polar surface area (TPSA) is 133 Å². The molecule has 2 aromatic heterocycles. The Labute approximate surface area is 151 Å². The van der Waals surface area contributed by atoms with E-state index in [1.807, 2.05) is 0 Å². The zero-order chi connectivity index (χ0) is 18.5. The fourth-order valence-corrected chi connectivity index (χ4v) is 2.76. The maximum absolute atomic E-state index is 11.9. The number of carbonyl (C=O) groups excluding carboxylic acids is 1. The number of nitrogens with zero attached hydrogens (tertiary/aromatic N) is 4. The number of nitro groups is 1. The Balaban J connectivity index is 1.55. The van der Waals surface area contributed by atoms with Gasteiger partial charge < -0.3 is 9.26 Å². The number of ether oxygens (including phenoxy) is 1. The summed E-state index contributed by atoms with van der Waals surface area (Å²) in [4.78, 5) is 30.5. The molecule has 0 aliphatic carbocycles. The molecule has 10 nitrogen and oxygen atoms in total. The van der Waals surface area contributed by atoms with Crippen LogP contribution in [0.5, 0.6) is 0 Å². The Kier molecular flexibility index (Phi) is 5.29. The van der Waals surface area contributed by atoms with Gasteiger partial charge in [0.25, 0.3) is 17.5 Å². The molecule has 0 bridgehead atoms. The van der Waals surface area contributed by atoms with Crippen LogP contribution in [0.4, 0.5) is 10.8 Å². The Hall–Kier alpha value is -3.18. The number of rotatable bonds is 7. The van der Waals surface area contributed by atoms with Crippen LogP contribution in [0, 0.1) is 17.0 Å². The number of aromatic nitrogens is 3. The number of aryl methyl sites for hydroxylation is 1. The average Bonchev–Trinajstić information content (AvgIpc) is 3.24. The summed E-state index contributed by atoms with van der Waals surface area (Å²) in [6.45, 7) is 1.51. The summed E-state index contributed by atoms with van der Waals surface area (Å²) in [6.07, 6.45) is 0. The highest BCUT2D eigenvalue weighted by Crippen LogP contribution is 2.27. The number of carbonyl (C=O) groups is 1. The van der Waals surface area contributed by atoms with Crippen LogP contribution in [0.15, 0.2) is 34.2 Å². The molecule has 0 radical (unpaired) electrons. The van der Waals surface area contributed by atoms with Crippen LogP contribution in [0.3, 0.4) is 0 Å². The number of benzene rings is 1. The highest BCUT2D eigenvalue weighted by Gasteiger charge is 2.12. The Morgan fingerprint density at radius 2 is 2.27 bits per heavy atom. The van der Waals surface area contributed by atoms with Gasteiger partial charge in [-0.1, -0.05) is 17.3 Å². The first kappa shape index (κ1) is 17.6. The van der Waals surface area contributed by atoms with Crippen molar-refractivity contribution in [3.05, 3.63) is 51.5 Å². The van der Waals surface area contributed by atoms with Crippen molar-refractivity contribution in [1.29, 1.82) is 0 Å². The summed E-state index contributed by atoms with van der Waals surface area (Å²) < 4.78 is 10.1. The van der Waals surface area contributed by atoms with E-state index in [0.717, 1.165) is 0 Å². The van der Waals surface area contributed by atoms with Crippen molar-refractivity contribution in [1.82, 2.24) is 15.1 Å². The van der Waals surface area contributed by atoms with Crippen LogP contribution in [0.1, 0.15) is 11.7 Å². The molecule has 0 fully saturated rings. The van der Waals surface area contributed by atoms with Crippen molar-refractivity contribution in [3.63, 3.8) is 0 Å². The molecule has 0 spiro atoms. The number of anilines is 1. The molecule has 3 rings (SSSR count). The van der Waals surface area contributed by atoms with E-state index in [4.69, 9.17) is 9.26 Å². The second-order valence-electron chi connectivity index (χ2n) is 5.12. The largest absolute Gasteiger partial charge is 0.362 e. The van der Waals surface area contributed by atoms with Gasteiger partial charge in [0.2, 0.25) is 0 Å². The van der Waals surface area contributed by atoms with Gasteiger partial charge in [0.15, 0.2) is 11.0 Å². The van der Waals surface area contributed by atoms with Crippen molar-refractivity contribution in [2.75, 3.05) is 11.9 Å². The summed E-state index contributed by atoms with van der Waals surface area (Å²) in [6, 6.07) is 6.12. The average molecular weight is 375 g/mol. The number of non-ortho nitro benzene ring substituents is 1. The SMILES string of the molecule is Cc1noc(COCC(=O)Nc2nc(-c3cccc([N+](=O)[O-])c3)cs2)n1. The molecule has 1 aromatic carbocycles. The molecule has 0 saturated carbocycles. The number of thiazole rings is 1. The monoisotopic (exact) mass is 375 g/mol. The van der Waals surface area contributed by atoms with E-state index in [2.05, 4.69) is 20.4 Å². The van der Waals surface area contributed by atoms with Gasteiger partial charge in [0, 0.05) is 23.1 Å². The Bertz CT molecular complexity index is 938. The van der Waals surface area contributed by atoms with Crippen LogP contribution in [0.25, 0.3) is 11.3 Å². The second kappa shape index (κ2) is 7.80. The fraction of sp³-hybridized carbons (Fsp3) is 0.200. The van der Waals surface area contributed by atoms with E-state index in [1.54, 1.807) is 24.4 Å². The normalized spacial score (nSPS) is 10.7. The summed E-state index contributed by atoms with van der Waals surface area (Å²) in [5, 5.41) is 19.1. The second-order valence-corrected chi connectivity index (χ2v) is 5.98. The van der Waals surface area contributed by atoms with E-state index >= 15 is 0 Å². The number of nitro benzene ring substituents is 1. The number of amides is 1. The van der Waals surface area contributed by atoms with Gasteiger partial charge >= 0.3 is 0 Å². The van der Waals surface area contributed by atoms with Gasteiger partial charge in [-0.15, -0.1) is 11.3 Å². The minimum absolute atomic E-state index is 0.0225.